The van der Waals surface area contributed by atoms with Gasteiger partial charge in [0.2, 0.25) is 0 Å². The molecule has 1 N–H and O–H groups in total. The Morgan fingerprint density at radius 3 is 2.89 bits per heavy atom. The normalized spacial score (nSPS) is 10.3. The monoisotopic (exact) mass is 250 g/mol. The molecule has 2 aromatic rings. The molecule has 0 aliphatic rings. The fraction of sp³-hybridized carbons (Fsp3) is 0.167. The lowest BCUT2D eigenvalue weighted by molar-refractivity contribution is 0.0690. The first-order chi connectivity index (χ1) is 8.58. The zero-order valence-electron chi connectivity index (χ0n) is 9.63. The van der Waals surface area contributed by atoms with E-state index in [0.717, 1.165) is 6.07 Å². The van der Waals surface area contributed by atoms with Crippen molar-refractivity contribution in [1.29, 1.82) is 0 Å². The van der Waals surface area contributed by atoms with Crippen molar-refractivity contribution < 1.29 is 19.0 Å². The Kier molecular flexibility index (Phi) is 3.27. The molecule has 0 saturated heterocycles. The molecule has 0 aliphatic carbocycles. The van der Waals surface area contributed by atoms with E-state index in [1.165, 1.54) is 12.1 Å². The number of hydrogen-bond acceptors (Lipinski definition) is 3. The second kappa shape index (κ2) is 4.87. The molecule has 0 atom stereocenters. The highest BCUT2D eigenvalue weighted by Gasteiger charge is 2.15. The number of hydrogen-bond donors (Lipinski definition) is 1. The number of halogens is 1. The van der Waals surface area contributed by atoms with Crippen molar-refractivity contribution in [3.05, 3.63) is 47.5 Å². The average molecular weight is 250 g/mol. The molecule has 1 aromatic carbocycles. The van der Waals surface area contributed by atoms with Crippen LogP contribution >= 0.6 is 0 Å². The maximum absolute atomic E-state index is 13.5. The number of aromatic carboxylic acids is 1. The van der Waals surface area contributed by atoms with Gasteiger partial charge < -0.3 is 9.84 Å². The SMILES string of the molecule is Cn1ccc(COc2c(F)cccc2C(=O)O)n1. The predicted molar refractivity (Wildman–Crippen MR) is 60.9 cm³/mol. The van der Waals surface area contributed by atoms with Crippen LogP contribution in [-0.4, -0.2) is 20.9 Å². The van der Waals surface area contributed by atoms with Crippen LogP contribution in [0.15, 0.2) is 30.5 Å². The summed E-state index contributed by atoms with van der Waals surface area (Å²) in [6.07, 6.45) is 1.72. The van der Waals surface area contributed by atoms with Crippen molar-refractivity contribution in [2.75, 3.05) is 0 Å². The van der Waals surface area contributed by atoms with Crippen molar-refractivity contribution in [3.8, 4) is 5.75 Å². The van der Waals surface area contributed by atoms with Gasteiger partial charge >= 0.3 is 5.97 Å². The summed E-state index contributed by atoms with van der Waals surface area (Å²) in [5, 5.41) is 13.0. The standard InChI is InChI=1S/C12H11FN2O3/c1-15-6-5-8(14-15)7-18-11-9(12(16)17)3-2-4-10(11)13/h2-6H,7H2,1H3,(H,16,17). The number of aromatic nitrogens is 2. The Hall–Kier alpha value is -2.37. The number of para-hydroxylation sites is 1. The van der Waals surface area contributed by atoms with Gasteiger partial charge in [-0.25, -0.2) is 9.18 Å². The van der Waals surface area contributed by atoms with Crippen LogP contribution in [0.2, 0.25) is 0 Å². The highest BCUT2D eigenvalue weighted by Crippen LogP contribution is 2.23. The Bertz CT molecular complexity index is 580. The Balaban J connectivity index is 2.20. The lowest BCUT2D eigenvalue weighted by Gasteiger charge is -2.08. The Morgan fingerprint density at radius 1 is 1.50 bits per heavy atom. The lowest BCUT2D eigenvalue weighted by atomic mass is 10.2. The minimum atomic E-state index is -1.23. The van der Waals surface area contributed by atoms with Crippen LogP contribution in [0.3, 0.4) is 0 Å². The van der Waals surface area contributed by atoms with Gasteiger partial charge in [-0.1, -0.05) is 6.07 Å². The van der Waals surface area contributed by atoms with Crippen LogP contribution in [0.1, 0.15) is 16.1 Å². The van der Waals surface area contributed by atoms with E-state index in [-0.39, 0.29) is 17.9 Å². The summed E-state index contributed by atoms with van der Waals surface area (Å²) in [4.78, 5) is 10.9. The minimum absolute atomic E-state index is 0.0159. The van der Waals surface area contributed by atoms with Gasteiger partial charge in [-0.3, -0.25) is 4.68 Å². The van der Waals surface area contributed by atoms with Crippen LogP contribution in [0.5, 0.6) is 5.75 Å². The first kappa shape index (κ1) is 12.1. The summed E-state index contributed by atoms with van der Waals surface area (Å²) < 4.78 is 20.3. The van der Waals surface area contributed by atoms with Crippen molar-refractivity contribution in [3.63, 3.8) is 0 Å². The molecule has 0 fully saturated rings. The number of rotatable bonds is 4. The van der Waals surface area contributed by atoms with Crippen molar-refractivity contribution in [2.45, 2.75) is 6.61 Å². The van der Waals surface area contributed by atoms with Gasteiger partial charge in [-0.2, -0.15) is 5.10 Å². The Labute approximate surface area is 102 Å². The van der Waals surface area contributed by atoms with E-state index < -0.39 is 11.8 Å². The van der Waals surface area contributed by atoms with Gasteiger partial charge in [0.05, 0.1) is 5.69 Å². The molecule has 0 unspecified atom stereocenters. The van der Waals surface area contributed by atoms with Gasteiger partial charge in [-0.15, -0.1) is 0 Å². The molecule has 0 saturated carbocycles. The molecule has 0 aliphatic heterocycles. The van der Waals surface area contributed by atoms with Gasteiger partial charge in [0, 0.05) is 13.2 Å². The number of benzene rings is 1. The molecule has 6 heteroatoms. The largest absolute Gasteiger partial charge is 0.483 e. The third-order valence-corrected chi connectivity index (χ3v) is 2.33. The van der Waals surface area contributed by atoms with Crippen LogP contribution in [0, 0.1) is 5.82 Å². The van der Waals surface area contributed by atoms with Crippen LogP contribution in [0.25, 0.3) is 0 Å². The Morgan fingerprint density at radius 2 is 2.28 bits per heavy atom. The molecule has 5 nitrogen and oxygen atoms in total. The maximum atomic E-state index is 13.5. The van der Waals surface area contributed by atoms with E-state index in [1.54, 1.807) is 24.0 Å². The molecule has 0 amide bonds. The van der Waals surface area contributed by atoms with Gasteiger partial charge in [0.1, 0.15) is 12.2 Å². The first-order valence-corrected chi connectivity index (χ1v) is 5.21. The molecule has 18 heavy (non-hydrogen) atoms. The number of ether oxygens (including phenoxy) is 1. The van der Waals surface area contributed by atoms with Crippen LogP contribution < -0.4 is 4.74 Å². The smallest absolute Gasteiger partial charge is 0.339 e. The molecule has 1 aromatic heterocycles. The molecule has 0 bridgehead atoms. The fourth-order valence-electron chi connectivity index (χ4n) is 1.51. The number of carboxylic acid groups (broad SMARTS) is 1. The molecule has 94 valence electrons. The summed E-state index contributed by atoms with van der Waals surface area (Å²) in [5.41, 5.74) is 0.392. The second-order valence-electron chi connectivity index (χ2n) is 3.69. The summed E-state index contributed by atoms with van der Waals surface area (Å²) in [6.45, 7) is 0.0159. The van der Waals surface area contributed by atoms with Crippen molar-refractivity contribution >= 4 is 5.97 Å². The predicted octanol–water partition coefficient (Wildman–Crippen LogP) is 1.84. The highest BCUT2D eigenvalue weighted by atomic mass is 19.1. The van der Waals surface area contributed by atoms with Crippen LogP contribution in [-0.2, 0) is 13.7 Å². The van der Waals surface area contributed by atoms with Crippen LogP contribution in [0.4, 0.5) is 4.39 Å². The zero-order valence-corrected chi connectivity index (χ0v) is 9.63. The summed E-state index contributed by atoms with van der Waals surface area (Å²) >= 11 is 0. The number of carbonyl (C=O) groups is 1. The first-order valence-electron chi connectivity index (χ1n) is 5.21. The van der Waals surface area contributed by atoms with Gasteiger partial charge in [0.15, 0.2) is 11.6 Å². The van der Waals surface area contributed by atoms with E-state index in [9.17, 15) is 9.18 Å². The fourth-order valence-corrected chi connectivity index (χ4v) is 1.51. The van der Waals surface area contributed by atoms with Crippen molar-refractivity contribution in [2.24, 2.45) is 7.05 Å². The van der Waals surface area contributed by atoms with Crippen molar-refractivity contribution in [1.82, 2.24) is 9.78 Å². The molecule has 1 heterocycles. The topological polar surface area (TPSA) is 64.3 Å². The quantitative estimate of drug-likeness (QED) is 0.899. The molecule has 0 spiro atoms. The van der Waals surface area contributed by atoms with E-state index in [0.29, 0.717) is 5.69 Å². The van der Waals surface area contributed by atoms with E-state index in [4.69, 9.17) is 9.84 Å². The van der Waals surface area contributed by atoms with Gasteiger partial charge in [-0.05, 0) is 18.2 Å². The summed E-state index contributed by atoms with van der Waals surface area (Å²) in [6, 6.07) is 5.48. The number of aryl methyl sites for hydroxylation is 1. The van der Waals surface area contributed by atoms with E-state index in [1.807, 2.05) is 0 Å². The molecule has 0 radical (unpaired) electrons. The number of carboxylic acids is 1. The second-order valence-corrected chi connectivity index (χ2v) is 3.69. The third kappa shape index (κ3) is 2.48. The summed E-state index contributed by atoms with van der Waals surface area (Å²) in [5.74, 6) is -2.20. The third-order valence-electron chi connectivity index (χ3n) is 2.33. The van der Waals surface area contributed by atoms with E-state index >= 15 is 0 Å². The van der Waals surface area contributed by atoms with Gasteiger partial charge in [0.25, 0.3) is 0 Å². The maximum Gasteiger partial charge on any atom is 0.339 e. The summed E-state index contributed by atoms with van der Waals surface area (Å²) in [7, 11) is 1.75. The number of nitrogens with zero attached hydrogens (tertiary/aromatic N) is 2. The minimum Gasteiger partial charge on any atom is -0.483 e. The average Bonchev–Trinajstić information content (AvgIpc) is 2.73. The highest BCUT2D eigenvalue weighted by molar-refractivity contribution is 5.90. The molecular formula is C12H11FN2O3. The van der Waals surface area contributed by atoms with E-state index in [2.05, 4.69) is 5.10 Å². The molecular weight excluding hydrogens is 239 g/mol. The zero-order chi connectivity index (χ0) is 13.1. The molecule has 2 rings (SSSR count). The lowest BCUT2D eigenvalue weighted by Crippen LogP contribution is -2.06.